The minimum absolute atomic E-state index is 0.0492. The van der Waals surface area contributed by atoms with Crippen molar-refractivity contribution in [3.63, 3.8) is 0 Å². The fourth-order valence-corrected chi connectivity index (χ4v) is 4.13. The molecule has 0 bridgehead atoms. The van der Waals surface area contributed by atoms with Gasteiger partial charge in [-0.25, -0.2) is 8.42 Å². The van der Waals surface area contributed by atoms with Gasteiger partial charge in [0.05, 0.1) is 0 Å². The van der Waals surface area contributed by atoms with Crippen molar-refractivity contribution >= 4 is 33.3 Å². The molecule has 0 aliphatic carbocycles. The predicted octanol–water partition coefficient (Wildman–Crippen LogP) is 0.470. The minimum Gasteiger partial charge on any atom is -0.480 e. The number of carboxylic acids is 2. The summed E-state index contributed by atoms with van der Waals surface area (Å²) in [6.07, 6.45) is 0.651. The molecule has 0 fully saturated rings. The second-order valence-corrected chi connectivity index (χ2v) is 6.97. The van der Waals surface area contributed by atoms with Crippen LogP contribution >= 0.6 is 11.3 Å². The molecule has 0 atom stereocenters. The van der Waals surface area contributed by atoms with Gasteiger partial charge in [-0.15, -0.1) is 11.3 Å². The van der Waals surface area contributed by atoms with Gasteiger partial charge in [0.25, 0.3) is 10.0 Å². The fraction of sp³-hybridized carbons (Fsp3) is 0.400. The number of carboxylic acid groups (broad SMARTS) is 2. The van der Waals surface area contributed by atoms with Crippen molar-refractivity contribution in [2.24, 2.45) is 0 Å². The van der Waals surface area contributed by atoms with E-state index < -0.39 is 35.1 Å². The molecule has 0 amide bonds. The van der Waals surface area contributed by atoms with Crippen molar-refractivity contribution < 1.29 is 28.2 Å². The number of hydrogen-bond donors (Lipinski definition) is 2. The first-order valence-corrected chi connectivity index (χ1v) is 7.55. The molecule has 1 aromatic heterocycles. The van der Waals surface area contributed by atoms with Crippen LogP contribution < -0.4 is 0 Å². The number of thiophene rings is 1. The topological polar surface area (TPSA) is 112 Å². The maximum Gasteiger partial charge on any atom is 0.318 e. The zero-order valence-electron chi connectivity index (χ0n) is 10.1. The van der Waals surface area contributed by atoms with Crippen LogP contribution in [-0.4, -0.2) is 48.0 Å². The molecule has 19 heavy (non-hydrogen) atoms. The van der Waals surface area contributed by atoms with Crippen LogP contribution in [0, 0.1) is 0 Å². The molecule has 0 saturated heterocycles. The van der Waals surface area contributed by atoms with E-state index >= 15 is 0 Å². The average Bonchev–Trinajstić information content (AvgIpc) is 2.75. The molecule has 0 aromatic carbocycles. The lowest BCUT2D eigenvalue weighted by Crippen LogP contribution is -2.39. The Hall–Kier alpha value is -1.45. The summed E-state index contributed by atoms with van der Waals surface area (Å²) < 4.78 is 24.7. The average molecular weight is 307 g/mol. The first-order chi connectivity index (χ1) is 8.77. The van der Waals surface area contributed by atoms with Crippen LogP contribution in [0.3, 0.4) is 0 Å². The van der Waals surface area contributed by atoms with Gasteiger partial charge in [-0.3, -0.25) is 9.59 Å². The summed E-state index contributed by atoms with van der Waals surface area (Å²) in [4.78, 5) is 22.1. The summed E-state index contributed by atoms with van der Waals surface area (Å²) in [5, 5.41) is 17.3. The molecule has 0 aliphatic rings. The van der Waals surface area contributed by atoms with Crippen LogP contribution in [0.2, 0.25) is 0 Å². The maximum absolute atomic E-state index is 12.1. The zero-order valence-corrected chi connectivity index (χ0v) is 11.7. The minimum atomic E-state index is -4.09. The standard InChI is InChI=1S/C10H13NO6S2/c1-2-7-3-4-10(18-7)19(16,17)11(5-8(12)13)6-9(14)15/h3-4H,2,5-6H2,1H3,(H,12,13)(H,14,15). The van der Waals surface area contributed by atoms with Crippen LogP contribution in [0.25, 0.3) is 0 Å². The summed E-state index contributed by atoms with van der Waals surface area (Å²) in [5.74, 6) is -2.81. The number of nitrogens with zero attached hydrogens (tertiary/aromatic N) is 1. The van der Waals surface area contributed by atoms with Gasteiger partial charge < -0.3 is 10.2 Å². The van der Waals surface area contributed by atoms with Crippen LogP contribution in [0.15, 0.2) is 16.3 Å². The molecule has 1 rings (SSSR count). The van der Waals surface area contributed by atoms with Crippen molar-refractivity contribution in [3.8, 4) is 0 Å². The van der Waals surface area contributed by atoms with Gasteiger partial charge in [-0.05, 0) is 18.6 Å². The molecule has 0 spiro atoms. The Balaban J connectivity index is 3.10. The molecule has 7 nitrogen and oxygen atoms in total. The Kier molecular flexibility index (Phi) is 5.04. The third-order valence-electron chi connectivity index (χ3n) is 2.20. The van der Waals surface area contributed by atoms with E-state index in [1.54, 1.807) is 6.07 Å². The Labute approximate surface area is 114 Å². The molecule has 0 aliphatic heterocycles. The number of carbonyl (C=O) groups is 2. The van der Waals surface area contributed by atoms with Gasteiger partial charge in [0, 0.05) is 4.88 Å². The summed E-state index contributed by atoms with van der Waals surface area (Å²) in [6, 6.07) is 2.98. The van der Waals surface area contributed by atoms with E-state index in [1.807, 2.05) is 6.92 Å². The number of aryl methyl sites for hydroxylation is 1. The molecule has 1 heterocycles. The summed E-state index contributed by atoms with van der Waals surface area (Å²) in [5.41, 5.74) is 0. The van der Waals surface area contributed by atoms with E-state index in [9.17, 15) is 18.0 Å². The molecular formula is C10H13NO6S2. The molecule has 106 valence electrons. The quantitative estimate of drug-likeness (QED) is 0.757. The monoisotopic (exact) mass is 307 g/mol. The van der Waals surface area contributed by atoms with Crippen molar-refractivity contribution in [1.82, 2.24) is 4.31 Å². The Bertz CT molecular complexity index is 561. The molecule has 9 heteroatoms. The largest absolute Gasteiger partial charge is 0.480 e. The zero-order chi connectivity index (χ0) is 14.6. The van der Waals surface area contributed by atoms with Gasteiger partial charge in [0.1, 0.15) is 17.3 Å². The van der Waals surface area contributed by atoms with E-state index in [-0.39, 0.29) is 4.21 Å². The lowest BCUT2D eigenvalue weighted by atomic mass is 10.4. The van der Waals surface area contributed by atoms with Crippen molar-refractivity contribution in [2.45, 2.75) is 17.6 Å². The highest BCUT2D eigenvalue weighted by molar-refractivity contribution is 7.91. The van der Waals surface area contributed by atoms with E-state index in [2.05, 4.69) is 0 Å². The smallest absolute Gasteiger partial charge is 0.318 e. The predicted molar refractivity (Wildman–Crippen MR) is 67.7 cm³/mol. The van der Waals surface area contributed by atoms with Crippen molar-refractivity contribution in [2.75, 3.05) is 13.1 Å². The lowest BCUT2D eigenvalue weighted by molar-refractivity contribution is -0.139. The van der Waals surface area contributed by atoms with Gasteiger partial charge >= 0.3 is 11.9 Å². The first-order valence-electron chi connectivity index (χ1n) is 5.29. The summed E-state index contributed by atoms with van der Waals surface area (Å²) >= 11 is 1.01. The number of aliphatic carboxylic acids is 2. The third kappa shape index (κ3) is 4.01. The molecule has 1 aromatic rings. The Morgan fingerprint density at radius 3 is 2.11 bits per heavy atom. The van der Waals surface area contributed by atoms with E-state index in [4.69, 9.17) is 10.2 Å². The summed E-state index contributed by atoms with van der Waals surface area (Å²) in [7, 11) is -4.09. The highest BCUT2D eigenvalue weighted by Gasteiger charge is 2.29. The van der Waals surface area contributed by atoms with Crippen molar-refractivity contribution in [1.29, 1.82) is 0 Å². The second kappa shape index (κ2) is 6.13. The second-order valence-electron chi connectivity index (χ2n) is 3.63. The van der Waals surface area contributed by atoms with Gasteiger partial charge in [-0.1, -0.05) is 6.92 Å². The number of rotatable bonds is 7. The molecule has 0 saturated carbocycles. The number of sulfonamides is 1. The molecular weight excluding hydrogens is 294 g/mol. The van der Waals surface area contributed by atoms with Crippen LogP contribution in [0.1, 0.15) is 11.8 Å². The van der Waals surface area contributed by atoms with E-state index in [1.165, 1.54) is 6.07 Å². The normalized spacial score (nSPS) is 11.7. The van der Waals surface area contributed by atoms with Crippen LogP contribution in [0.4, 0.5) is 0 Å². The van der Waals surface area contributed by atoms with Crippen molar-refractivity contribution in [3.05, 3.63) is 17.0 Å². The molecule has 2 N–H and O–H groups in total. The lowest BCUT2D eigenvalue weighted by Gasteiger charge is -2.16. The fourth-order valence-electron chi connectivity index (χ4n) is 1.34. The van der Waals surface area contributed by atoms with Gasteiger partial charge in [0.15, 0.2) is 0 Å². The highest BCUT2D eigenvalue weighted by atomic mass is 32.2. The molecule has 0 radical (unpaired) electrons. The van der Waals surface area contributed by atoms with Gasteiger partial charge in [-0.2, -0.15) is 4.31 Å². The summed E-state index contributed by atoms with van der Waals surface area (Å²) in [6.45, 7) is 0.0937. The van der Waals surface area contributed by atoms with Crippen LogP contribution in [0.5, 0.6) is 0 Å². The van der Waals surface area contributed by atoms with Crippen LogP contribution in [-0.2, 0) is 26.0 Å². The molecule has 0 unspecified atom stereocenters. The van der Waals surface area contributed by atoms with E-state index in [0.717, 1.165) is 16.2 Å². The van der Waals surface area contributed by atoms with E-state index in [0.29, 0.717) is 10.7 Å². The highest BCUT2D eigenvalue weighted by Crippen LogP contribution is 2.25. The van der Waals surface area contributed by atoms with Gasteiger partial charge in [0.2, 0.25) is 0 Å². The SMILES string of the molecule is CCc1ccc(S(=O)(=O)N(CC(=O)O)CC(=O)O)s1. The Morgan fingerprint density at radius 1 is 1.21 bits per heavy atom. The maximum atomic E-state index is 12.1. The first kappa shape index (κ1) is 15.6. The third-order valence-corrected chi connectivity index (χ3v) is 5.69. The number of hydrogen-bond acceptors (Lipinski definition) is 5. The Morgan fingerprint density at radius 2 is 1.74 bits per heavy atom.